The summed E-state index contributed by atoms with van der Waals surface area (Å²) < 4.78 is 26.4. The predicted octanol–water partition coefficient (Wildman–Crippen LogP) is 4.72. The summed E-state index contributed by atoms with van der Waals surface area (Å²) in [5.41, 5.74) is -0.0527. The molecular formula is C21H24F2O4. The number of halogens is 2. The van der Waals surface area contributed by atoms with E-state index in [2.05, 4.69) is 0 Å². The Bertz CT molecular complexity index is 707. The monoisotopic (exact) mass is 378 g/mol. The van der Waals surface area contributed by atoms with Crippen LogP contribution < -0.4 is 0 Å². The van der Waals surface area contributed by atoms with Crippen LogP contribution in [-0.4, -0.2) is 22.6 Å². The molecule has 1 fully saturated rings. The zero-order valence-electron chi connectivity index (χ0n) is 15.1. The molecule has 2 rings (SSSR count). The van der Waals surface area contributed by atoms with Gasteiger partial charge in [-0.1, -0.05) is 25.3 Å². The molecule has 0 radical (unpaired) electrons. The van der Waals surface area contributed by atoms with Crippen molar-refractivity contribution in [2.45, 2.75) is 51.4 Å². The summed E-state index contributed by atoms with van der Waals surface area (Å²) in [5.74, 6) is -2.89. The molecule has 0 saturated heterocycles. The van der Waals surface area contributed by atoms with E-state index in [9.17, 15) is 23.2 Å². The van der Waals surface area contributed by atoms with E-state index in [1.165, 1.54) is 6.08 Å². The topological polar surface area (TPSA) is 71.4 Å². The van der Waals surface area contributed by atoms with Gasteiger partial charge in [0.2, 0.25) is 0 Å². The van der Waals surface area contributed by atoms with Crippen LogP contribution in [0.25, 0.3) is 0 Å². The number of ketones is 2. The number of carboxylic acids is 1. The Kier molecular flexibility index (Phi) is 7.82. The first-order chi connectivity index (χ1) is 12.9. The molecule has 0 bridgehead atoms. The van der Waals surface area contributed by atoms with Gasteiger partial charge in [-0.2, -0.15) is 0 Å². The van der Waals surface area contributed by atoms with E-state index in [4.69, 9.17) is 5.11 Å². The van der Waals surface area contributed by atoms with Gasteiger partial charge in [0, 0.05) is 30.4 Å². The number of hydrogen-bond donors (Lipinski definition) is 1. The summed E-state index contributed by atoms with van der Waals surface area (Å²) in [5, 5.41) is 8.61. The molecule has 0 spiro atoms. The maximum atomic E-state index is 13.2. The average molecular weight is 378 g/mol. The van der Waals surface area contributed by atoms with Gasteiger partial charge in [0.05, 0.1) is 0 Å². The smallest absolute Gasteiger partial charge is 0.303 e. The molecule has 0 unspecified atom stereocenters. The highest BCUT2D eigenvalue weighted by Gasteiger charge is 2.32. The van der Waals surface area contributed by atoms with Gasteiger partial charge in [-0.05, 0) is 43.4 Å². The van der Waals surface area contributed by atoms with E-state index in [1.807, 2.05) is 0 Å². The van der Waals surface area contributed by atoms with Gasteiger partial charge in [0.25, 0.3) is 0 Å². The number of unbranched alkanes of at least 4 members (excludes halogenated alkanes) is 3. The number of Topliss-reactive ketones (excluding diaryl/α,β-unsaturated/α-hetero) is 1. The van der Waals surface area contributed by atoms with E-state index in [0.29, 0.717) is 31.7 Å². The molecule has 0 aliphatic heterocycles. The number of allylic oxidation sites excluding steroid dienone is 2. The molecule has 1 aromatic carbocycles. The number of benzene rings is 1. The fourth-order valence-corrected chi connectivity index (χ4v) is 3.54. The summed E-state index contributed by atoms with van der Waals surface area (Å²) >= 11 is 0. The van der Waals surface area contributed by atoms with Crippen LogP contribution in [0.1, 0.15) is 61.7 Å². The van der Waals surface area contributed by atoms with Crippen molar-refractivity contribution < 1.29 is 28.3 Å². The number of hydrogen-bond acceptors (Lipinski definition) is 3. The first kappa shape index (κ1) is 20.9. The van der Waals surface area contributed by atoms with Gasteiger partial charge in [-0.25, -0.2) is 8.78 Å². The standard InChI is InChI=1S/C21H24F2O4/c22-16-11-15(12-17(23)13-16)19(24)9-7-14-8-10-20(25)18(14)5-3-1-2-4-6-21(26)27/h7,9,11-14,18H,1-6,8,10H2,(H,26,27)/t14-,18+/m1/s1. The molecule has 2 atom stereocenters. The third-order valence-corrected chi connectivity index (χ3v) is 4.95. The predicted molar refractivity (Wildman–Crippen MR) is 96.4 cm³/mol. The first-order valence-corrected chi connectivity index (χ1v) is 9.30. The van der Waals surface area contributed by atoms with E-state index in [0.717, 1.165) is 31.4 Å². The van der Waals surface area contributed by atoms with E-state index < -0.39 is 23.4 Å². The maximum Gasteiger partial charge on any atom is 0.303 e. The Morgan fingerprint density at radius 2 is 1.74 bits per heavy atom. The molecule has 4 nitrogen and oxygen atoms in total. The van der Waals surface area contributed by atoms with Gasteiger partial charge in [0.15, 0.2) is 5.78 Å². The summed E-state index contributed by atoms with van der Waals surface area (Å²) in [4.78, 5) is 34.7. The van der Waals surface area contributed by atoms with E-state index in [1.54, 1.807) is 6.08 Å². The second-order valence-electron chi connectivity index (χ2n) is 7.00. The molecule has 1 aliphatic carbocycles. The molecule has 0 amide bonds. The zero-order valence-corrected chi connectivity index (χ0v) is 15.1. The highest BCUT2D eigenvalue weighted by atomic mass is 19.1. The van der Waals surface area contributed by atoms with Crippen LogP contribution in [0.4, 0.5) is 8.78 Å². The first-order valence-electron chi connectivity index (χ1n) is 9.30. The van der Waals surface area contributed by atoms with E-state index in [-0.39, 0.29) is 29.6 Å². The molecule has 6 heteroatoms. The third-order valence-electron chi connectivity index (χ3n) is 4.95. The van der Waals surface area contributed by atoms with Gasteiger partial charge in [-0.15, -0.1) is 0 Å². The van der Waals surface area contributed by atoms with Crippen molar-refractivity contribution in [3.8, 4) is 0 Å². The third kappa shape index (κ3) is 6.70. The summed E-state index contributed by atoms with van der Waals surface area (Å²) in [7, 11) is 0. The van der Waals surface area contributed by atoms with Gasteiger partial charge in [-0.3, -0.25) is 14.4 Å². The van der Waals surface area contributed by atoms with Crippen LogP contribution in [0.2, 0.25) is 0 Å². The van der Waals surface area contributed by atoms with Crippen molar-refractivity contribution in [3.05, 3.63) is 47.5 Å². The van der Waals surface area contributed by atoms with E-state index >= 15 is 0 Å². The summed E-state index contributed by atoms with van der Waals surface area (Å²) in [6, 6.07) is 2.69. The van der Waals surface area contributed by atoms with Gasteiger partial charge in [0.1, 0.15) is 17.4 Å². The number of carbonyl (C=O) groups is 3. The summed E-state index contributed by atoms with van der Waals surface area (Å²) in [6.07, 6.45) is 8.17. The van der Waals surface area contributed by atoms with Crippen molar-refractivity contribution in [2.75, 3.05) is 0 Å². The second kappa shape index (κ2) is 10.1. The Hall–Kier alpha value is -2.37. The fraction of sp³-hybridized carbons (Fsp3) is 0.476. The number of aliphatic carboxylic acids is 1. The number of carbonyl (C=O) groups excluding carboxylic acids is 2. The molecule has 146 valence electrons. The largest absolute Gasteiger partial charge is 0.481 e. The second-order valence-corrected chi connectivity index (χ2v) is 7.00. The van der Waals surface area contributed by atoms with Crippen LogP contribution >= 0.6 is 0 Å². The minimum Gasteiger partial charge on any atom is -0.481 e. The Morgan fingerprint density at radius 3 is 2.41 bits per heavy atom. The minimum atomic E-state index is -0.802. The maximum absolute atomic E-state index is 13.2. The van der Waals surface area contributed by atoms with Crippen molar-refractivity contribution in [3.63, 3.8) is 0 Å². The number of rotatable bonds is 10. The van der Waals surface area contributed by atoms with Crippen LogP contribution in [0, 0.1) is 23.5 Å². The highest BCUT2D eigenvalue weighted by molar-refractivity contribution is 6.04. The Labute approximate surface area is 157 Å². The Morgan fingerprint density at radius 1 is 1.07 bits per heavy atom. The quantitative estimate of drug-likeness (QED) is 0.363. The van der Waals surface area contributed by atoms with Crippen molar-refractivity contribution in [1.29, 1.82) is 0 Å². The normalized spacial score (nSPS) is 19.7. The van der Waals surface area contributed by atoms with Crippen molar-refractivity contribution >= 4 is 17.5 Å². The lowest BCUT2D eigenvalue weighted by molar-refractivity contribution is -0.137. The molecule has 1 aromatic rings. The molecule has 1 aliphatic rings. The summed E-state index contributed by atoms with van der Waals surface area (Å²) in [6.45, 7) is 0. The SMILES string of the molecule is O=C(O)CCCCCC[C@@H]1C(=O)CC[C@H]1C=CC(=O)c1cc(F)cc(F)c1. The van der Waals surface area contributed by atoms with Gasteiger partial charge < -0.3 is 5.11 Å². The van der Waals surface area contributed by atoms with Crippen molar-refractivity contribution in [2.24, 2.45) is 11.8 Å². The highest BCUT2D eigenvalue weighted by Crippen LogP contribution is 2.34. The van der Waals surface area contributed by atoms with Crippen LogP contribution in [0.15, 0.2) is 30.4 Å². The average Bonchev–Trinajstić information content (AvgIpc) is 2.94. The fourth-order valence-electron chi connectivity index (χ4n) is 3.54. The van der Waals surface area contributed by atoms with Gasteiger partial charge >= 0.3 is 5.97 Å². The lowest BCUT2D eigenvalue weighted by Crippen LogP contribution is -2.13. The molecule has 1 N–H and O–H groups in total. The lowest BCUT2D eigenvalue weighted by Gasteiger charge is -2.14. The molecule has 0 heterocycles. The minimum absolute atomic E-state index is 0.0427. The molecule has 27 heavy (non-hydrogen) atoms. The van der Waals surface area contributed by atoms with Crippen molar-refractivity contribution in [1.82, 2.24) is 0 Å². The molecule has 0 aromatic heterocycles. The molecule has 1 saturated carbocycles. The lowest BCUT2D eigenvalue weighted by atomic mass is 9.89. The number of carboxylic acid groups (broad SMARTS) is 1. The van der Waals surface area contributed by atoms with Crippen LogP contribution in [-0.2, 0) is 9.59 Å². The van der Waals surface area contributed by atoms with Crippen LogP contribution in [0.5, 0.6) is 0 Å². The molecular weight excluding hydrogens is 354 g/mol. The Balaban J connectivity index is 1.86. The van der Waals surface area contributed by atoms with Crippen LogP contribution in [0.3, 0.4) is 0 Å². The zero-order chi connectivity index (χ0) is 19.8.